The Morgan fingerprint density at radius 1 is 0.923 bits per heavy atom. The zero-order valence-corrected chi connectivity index (χ0v) is 31.4. The number of piperidine rings is 1. The molecule has 2 heterocycles. The van der Waals surface area contributed by atoms with Crippen molar-refractivity contribution in [2.75, 3.05) is 13.6 Å². The Kier molecular flexibility index (Phi) is 8.63. The molecule has 0 saturated carbocycles. The van der Waals surface area contributed by atoms with Gasteiger partial charge in [0.05, 0.1) is 0 Å². The highest BCUT2D eigenvalue weighted by molar-refractivity contribution is 6.26. The van der Waals surface area contributed by atoms with Gasteiger partial charge in [0, 0.05) is 45.2 Å². The first-order valence-corrected chi connectivity index (χ1v) is 23.2. The summed E-state index contributed by atoms with van der Waals surface area (Å²) in [4.78, 5) is 2.59. The summed E-state index contributed by atoms with van der Waals surface area (Å²) in [6, 6.07) is 5.25. The van der Waals surface area contributed by atoms with E-state index in [0.29, 0.717) is 12.0 Å². The van der Waals surface area contributed by atoms with E-state index in [0.717, 1.165) is 25.1 Å². The number of likely N-dealkylation sites (tertiary alicyclic amines) is 1. The van der Waals surface area contributed by atoms with E-state index >= 15 is 0 Å². The fourth-order valence-electron chi connectivity index (χ4n) is 8.26. The average Bonchev–Trinajstić information content (AvgIpc) is 3.24. The van der Waals surface area contributed by atoms with Gasteiger partial charge >= 0.3 is 0 Å². The molecule has 1 aromatic carbocycles. The van der Waals surface area contributed by atoms with Crippen LogP contribution in [0, 0.1) is 17.3 Å². The lowest BCUT2D eigenvalue weighted by Gasteiger charge is -2.59. The topological polar surface area (TPSA) is 49.4 Å². The van der Waals surface area contributed by atoms with Crippen molar-refractivity contribution in [3.05, 3.63) is 41.0 Å². The number of rotatable bonds is 12. The van der Waals surface area contributed by atoms with Crippen molar-refractivity contribution < 1.29 is 22.4 Å². The van der Waals surface area contributed by atoms with Crippen LogP contribution in [0.3, 0.4) is 0 Å². The molecular formula is C29H51NO5Si4. The van der Waals surface area contributed by atoms with E-state index in [9.17, 15) is 0 Å². The smallest absolute Gasteiger partial charge is 0.161 e. The van der Waals surface area contributed by atoms with Gasteiger partial charge in [-0.3, -0.25) is 0 Å². The van der Waals surface area contributed by atoms with Gasteiger partial charge in [0.2, 0.25) is 0 Å². The average molecular weight is 606 g/mol. The molecule has 1 saturated heterocycles. The van der Waals surface area contributed by atoms with Gasteiger partial charge < -0.3 is 27.3 Å². The molecule has 0 radical (unpaired) electrons. The Morgan fingerprint density at radius 2 is 1.54 bits per heavy atom. The van der Waals surface area contributed by atoms with E-state index < -0.39 is 39.1 Å². The SMILES string of the molecule is C[SiH2]OC(O[SiH2]C)C(C)(C)c1ccc2c3c1OC1C(C(C)(C)C(O[SiH2]C)O[SiH2]C)C=C[C@H]4[C@@H](C2)N(C)CC[C@]314. The molecule has 4 aliphatic rings. The zero-order chi connectivity index (χ0) is 28.2. The Labute approximate surface area is 245 Å². The summed E-state index contributed by atoms with van der Waals surface area (Å²) in [6.45, 7) is 19.2. The minimum Gasteiger partial charge on any atom is -0.488 e. The lowest BCUT2D eigenvalue weighted by atomic mass is 9.50. The largest absolute Gasteiger partial charge is 0.488 e. The molecule has 0 N–H and O–H groups in total. The highest BCUT2D eigenvalue weighted by atomic mass is 28.2. The molecule has 39 heavy (non-hydrogen) atoms. The molecule has 1 spiro atoms. The van der Waals surface area contributed by atoms with Crippen molar-refractivity contribution >= 4 is 39.1 Å². The fraction of sp³-hybridized carbons (Fsp3) is 0.724. The molecule has 2 unspecified atom stereocenters. The number of benzene rings is 1. The summed E-state index contributed by atoms with van der Waals surface area (Å²) in [5.41, 5.74) is 3.71. The molecule has 5 atom stereocenters. The first-order valence-electron chi connectivity index (χ1n) is 15.3. The zero-order valence-electron chi connectivity index (χ0n) is 25.7. The molecule has 218 valence electrons. The summed E-state index contributed by atoms with van der Waals surface area (Å²) in [5, 5.41) is 0. The second kappa shape index (κ2) is 11.3. The fourth-order valence-corrected chi connectivity index (χ4v) is 11.9. The van der Waals surface area contributed by atoms with Gasteiger partial charge in [-0.25, -0.2) is 0 Å². The third-order valence-corrected chi connectivity index (χ3v) is 12.8. The number of likely N-dealkylation sites (N-methyl/N-ethyl adjacent to an activating group) is 1. The van der Waals surface area contributed by atoms with Crippen LogP contribution in [0.1, 0.15) is 50.8 Å². The number of ether oxygens (including phenoxy) is 1. The molecule has 2 bridgehead atoms. The first kappa shape index (κ1) is 29.9. The number of hydrogen-bond donors (Lipinski definition) is 0. The second-order valence-electron chi connectivity index (χ2n) is 13.0. The molecule has 2 aliphatic carbocycles. The highest BCUT2D eigenvalue weighted by Crippen LogP contribution is 2.65. The monoisotopic (exact) mass is 605 g/mol. The van der Waals surface area contributed by atoms with Crippen molar-refractivity contribution in [3.63, 3.8) is 0 Å². The second-order valence-corrected chi connectivity index (χ2v) is 16.7. The molecule has 0 amide bonds. The first-order chi connectivity index (χ1) is 18.6. The molecule has 2 aliphatic heterocycles. The highest BCUT2D eigenvalue weighted by Gasteiger charge is 2.66. The van der Waals surface area contributed by atoms with Crippen LogP contribution in [0.5, 0.6) is 5.75 Å². The molecular weight excluding hydrogens is 555 g/mol. The Balaban J connectivity index is 1.67. The maximum atomic E-state index is 7.40. The Bertz CT molecular complexity index is 1070. The molecule has 0 aromatic heterocycles. The van der Waals surface area contributed by atoms with Gasteiger partial charge in [0.15, 0.2) is 39.1 Å². The minimum absolute atomic E-state index is 0.0169. The summed E-state index contributed by atoms with van der Waals surface area (Å²) in [6.07, 6.45) is 6.93. The van der Waals surface area contributed by atoms with Gasteiger partial charge in [0.1, 0.15) is 24.4 Å². The van der Waals surface area contributed by atoms with Crippen LogP contribution in [-0.4, -0.2) is 82.3 Å². The predicted molar refractivity (Wildman–Crippen MR) is 170 cm³/mol. The van der Waals surface area contributed by atoms with Crippen LogP contribution < -0.4 is 4.74 Å². The van der Waals surface area contributed by atoms with Gasteiger partial charge in [-0.2, -0.15) is 0 Å². The normalized spacial score (nSPS) is 32.3. The minimum atomic E-state index is -0.623. The molecule has 1 fully saturated rings. The Morgan fingerprint density at radius 3 is 2.15 bits per heavy atom. The molecule has 1 aromatic rings. The van der Waals surface area contributed by atoms with Crippen molar-refractivity contribution in [1.29, 1.82) is 0 Å². The van der Waals surface area contributed by atoms with Crippen LogP contribution >= 0.6 is 0 Å². The van der Waals surface area contributed by atoms with Gasteiger partial charge in [-0.15, -0.1) is 0 Å². The third-order valence-electron chi connectivity index (χ3n) is 10.2. The molecule has 10 heteroatoms. The number of hydrogen-bond acceptors (Lipinski definition) is 6. The summed E-state index contributed by atoms with van der Waals surface area (Å²) in [5.74, 6) is 1.78. The van der Waals surface area contributed by atoms with Crippen LogP contribution in [0.2, 0.25) is 26.2 Å². The molecule has 6 nitrogen and oxygen atoms in total. The van der Waals surface area contributed by atoms with E-state index in [1.807, 2.05) is 0 Å². The standard InChI is InChI=1S/C29H51NO5Si4/c1-27(2,25(32-36-6)33-37-7)19-11-10-17-16-21-18-12-13-20(28(3,4)26(34-38-8)35-39-9)24-29(18,14-15-30(21)5)22(17)23(19)31-24/h10-13,18,20-21,24-26H,14-16,36-39H2,1-9H3/t18-,20?,21+,24?,29-/m0/s1. The van der Waals surface area contributed by atoms with Gasteiger partial charge in [-0.05, 0) is 32.0 Å². The maximum absolute atomic E-state index is 7.40. The lowest BCUT2D eigenvalue weighted by Crippen LogP contribution is -2.65. The Hall–Kier alpha value is -0.572. The van der Waals surface area contributed by atoms with Crippen molar-refractivity contribution in [1.82, 2.24) is 4.90 Å². The van der Waals surface area contributed by atoms with Gasteiger partial charge in [-0.1, -0.05) is 78.2 Å². The summed E-state index contributed by atoms with van der Waals surface area (Å²) < 4.78 is 32.9. The van der Waals surface area contributed by atoms with E-state index in [2.05, 4.69) is 90.1 Å². The molecule has 5 rings (SSSR count). The lowest BCUT2D eigenvalue weighted by molar-refractivity contribution is -0.130. The van der Waals surface area contributed by atoms with Crippen LogP contribution in [0.15, 0.2) is 24.3 Å². The maximum Gasteiger partial charge on any atom is 0.161 e. The summed E-state index contributed by atoms with van der Waals surface area (Å²) in [7, 11) is -0.158. The van der Waals surface area contributed by atoms with E-state index in [-0.39, 0.29) is 40.8 Å². The van der Waals surface area contributed by atoms with Crippen LogP contribution in [0.25, 0.3) is 0 Å². The van der Waals surface area contributed by atoms with Crippen LogP contribution in [0.4, 0.5) is 0 Å². The van der Waals surface area contributed by atoms with E-state index in [1.165, 1.54) is 16.7 Å². The van der Waals surface area contributed by atoms with Gasteiger partial charge in [0.25, 0.3) is 0 Å². The van der Waals surface area contributed by atoms with E-state index in [1.54, 1.807) is 0 Å². The predicted octanol–water partition coefficient (Wildman–Crippen LogP) is 2.30. The van der Waals surface area contributed by atoms with Crippen molar-refractivity contribution in [3.8, 4) is 5.75 Å². The van der Waals surface area contributed by atoms with Crippen molar-refractivity contribution in [2.45, 2.75) is 102 Å². The third kappa shape index (κ3) is 4.57. The number of nitrogens with zero attached hydrogens (tertiary/aromatic N) is 1. The summed E-state index contributed by atoms with van der Waals surface area (Å²) >= 11 is 0. The van der Waals surface area contributed by atoms with E-state index in [4.69, 9.17) is 22.4 Å². The quantitative estimate of drug-likeness (QED) is 0.207. The van der Waals surface area contributed by atoms with Crippen molar-refractivity contribution in [2.24, 2.45) is 17.3 Å². The van der Waals surface area contributed by atoms with Crippen LogP contribution in [-0.2, 0) is 35.0 Å².